The van der Waals surface area contributed by atoms with Crippen LogP contribution in [-0.4, -0.2) is 119 Å². The number of aliphatic imine (C=N–C) groups is 1. The van der Waals surface area contributed by atoms with Crippen molar-refractivity contribution in [2.24, 2.45) is 4.99 Å². The summed E-state index contributed by atoms with van der Waals surface area (Å²) in [5.74, 6) is 0.548. The van der Waals surface area contributed by atoms with Gasteiger partial charge in [0.25, 0.3) is 0 Å². The van der Waals surface area contributed by atoms with Crippen molar-refractivity contribution in [3.63, 3.8) is 0 Å². The largest absolute Gasteiger partial charge is 0.340 e. The molecule has 6 rings (SSSR count). The van der Waals surface area contributed by atoms with E-state index in [9.17, 15) is 19.2 Å². The highest BCUT2D eigenvalue weighted by molar-refractivity contribution is 6.03. The van der Waals surface area contributed by atoms with Crippen LogP contribution in [-0.2, 0) is 9.59 Å². The van der Waals surface area contributed by atoms with Crippen molar-refractivity contribution in [2.75, 3.05) is 41.3 Å². The van der Waals surface area contributed by atoms with Gasteiger partial charge in [-0.1, -0.05) is 48.5 Å². The SMILES string of the molecule is C[C@H](NC(=O)N(C)C)C(=O)N1CCC[C@H]1C1=NC=C(c2ccc(-c3ccc(-c4cnc([C@@H]5CCCN5C(=O)[C@H](C)NC(=O)N(C)C)[nH]4)cc3)cc2)C1. The number of likely N-dealkylation sites (tertiary alicyclic amines) is 2. The molecule has 2 fully saturated rings. The number of aromatic amines is 1. The van der Waals surface area contributed by atoms with Gasteiger partial charge >= 0.3 is 12.1 Å². The maximum absolute atomic E-state index is 13.2. The maximum atomic E-state index is 13.2. The van der Waals surface area contributed by atoms with Crippen LogP contribution in [0.15, 0.2) is 65.9 Å². The number of imidazole rings is 1. The second-order valence-electron chi connectivity index (χ2n) is 14.3. The molecule has 0 aliphatic carbocycles. The van der Waals surface area contributed by atoms with E-state index in [2.05, 4.69) is 69.1 Å². The first kappa shape index (κ1) is 36.3. The first-order valence-corrected chi connectivity index (χ1v) is 18.0. The van der Waals surface area contributed by atoms with Gasteiger partial charge in [-0.2, -0.15) is 0 Å². The van der Waals surface area contributed by atoms with Crippen molar-refractivity contribution in [2.45, 2.75) is 70.1 Å². The number of urea groups is 2. The summed E-state index contributed by atoms with van der Waals surface area (Å²) in [6.07, 6.45) is 7.87. The van der Waals surface area contributed by atoms with Gasteiger partial charge in [0.05, 0.1) is 24.0 Å². The number of carbonyl (C=O) groups excluding carboxylic acids is 4. The molecule has 3 N–H and O–H groups in total. The van der Waals surface area contributed by atoms with Crippen LogP contribution < -0.4 is 10.6 Å². The molecule has 52 heavy (non-hydrogen) atoms. The van der Waals surface area contributed by atoms with Gasteiger partial charge in [0.2, 0.25) is 11.8 Å². The Morgan fingerprint density at radius 3 is 1.75 bits per heavy atom. The van der Waals surface area contributed by atoms with Crippen molar-refractivity contribution in [3.8, 4) is 22.4 Å². The minimum absolute atomic E-state index is 0.0608. The molecular formula is C39H49N9O4. The van der Waals surface area contributed by atoms with Crippen molar-refractivity contribution in [1.29, 1.82) is 0 Å². The fraction of sp³-hybridized carbons (Fsp3) is 0.436. The number of aromatic nitrogens is 2. The van der Waals surface area contributed by atoms with E-state index in [1.54, 1.807) is 42.0 Å². The molecule has 2 aromatic carbocycles. The molecule has 0 unspecified atom stereocenters. The predicted molar refractivity (Wildman–Crippen MR) is 201 cm³/mol. The molecule has 2 saturated heterocycles. The number of hydrogen-bond donors (Lipinski definition) is 3. The lowest BCUT2D eigenvalue weighted by molar-refractivity contribution is -0.134. The summed E-state index contributed by atoms with van der Waals surface area (Å²) in [4.78, 5) is 70.0. The highest BCUT2D eigenvalue weighted by atomic mass is 16.2. The van der Waals surface area contributed by atoms with Gasteiger partial charge in [-0.25, -0.2) is 14.6 Å². The Balaban J connectivity index is 1.05. The Bertz CT molecular complexity index is 1860. The average molecular weight is 708 g/mol. The Morgan fingerprint density at radius 2 is 1.21 bits per heavy atom. The molecule has 13 heteroatoms. The number of nitrogens with one attached hydrogen (secondary N) is 3. The van der Waals surface area contributed by atoms with Crippen molar-refractivity contribution in [1.82, 2.24) is 40.2 Å². The third-order valence-electron chi connectivity index (χ3n) is 10.1. The minimum atomic E-state index is -0.632. The molecule has 13 nitrogen and oxygen atoms in total. The second-order valence-corrected chi connectivity index (χ2v) is 14.3. The van der Waals surface area contributed by atoms with Crippen LogP contribution in [0.3, 0.4) is 0 Å². The summed E-state index contributed by atoms with van der Waals surface area (Å²) in [7, 11) is 6.61. The number of nitrogens with zero attached hydrogens (tertiary/aromatic N) is 6. The van der Waals surface area contributed by atoms with Crippen LogP contribution in [0.4, 0.5) is 9.59 Å². The zero-order valence-corrected chi connectivity index (χ0v) is 30.8. The number of benzene rings is 2. The normalized spacial score (nSPS) is 19.5. The van der Waals surface area contributed by atoms with Gasteiger partial charge in [0.1, 0.15) is 17.9 Å². The molecule has 0 radical (unpaired) electrons. The van der Waals surface area contributed by atoms with E-state index in [4.69, 9.17) is 4.99 Å². The quantitative estimate of drug-likeness (QED) is 0.290. The fourth-order valence-electron chi connectivity index (χ4n) is 7.14. The van der Waals surface area contributed by atoms with Crippen LogP contribution in [0, 0.1) is 0 Å². The molecule has 0 spiro atoms. The lowest BCUT2D eigenvalue weighted by Crippen LogP contribution is -2.52. The molecule has 1 aromatic heterocycles. The smallest absolute Gasteiger partial charge is 0.317 e. The van der Waals surface area contributed by atoms with Gasteiger partial charge in [-0.05, 0) is 67.4 Å². The Morgan fingerprint density at radius 1 is 0.731 bits per heavy atom. The van der Waals surface area contributed by atoms with E-state index >= 15 is 0 Å². The number of amides is 6. The van der Waals surface area contributed by atoms with Crippen molar-refractivity contribution in [3.05, 3.63) is 72.3 Å². The first-order valence-electron chi connectivity index (χ1n) is 18.0. The third-order valence-corrected chi connectivity index (χ3v) is 10.1. The monoisotopic (exact) mass is 707 g/mol. The molecular weight excluding hydrogens is 658 g/mol. The van der Waals surface area contributed by atoms with Gasteiger partial charge in [-0.15, -0.1) is 0 Å². The summed E-state index contributed by atoms with van der Waals surface area (Å²) >= 11 is 0. The van der Waals surface area contributed by atoms with Crippen LogP contribution in [0.2, 0.25) is 0 Å². The number of allylic oxidation sites excluding steroid dienone is 1. The van der Waals surface area contributed by atoms with E-state index in [-0.39, 0.29) is 36.0 Å². The van der Waals surface area contributed by atoms with Gasteiger partial charge in [-0.3, -0.25) is 14.6 Å². The summed E-state index contributed by atoms with van der Waals surface area (Å²) in [5.41, 5.74) is 7.27. The standard InChI is InChI=1S/C39H49N9O4/c1-24(42-38(51)45(3)4)36(49)47-19-7-9-33(47)31-21-30(22-40-31)28-13-11-26(12-14-28)27-15-17-29(18-16-27)32-23-41-35(44-32)34-10-8-20-48(34)37(50)25(2)43-39(52)46(5)6/h11-18,22-25,33-34H,7-10,19-21H2,1-6H3,(H,41,44)(H,42,51)(H,43,52)/t24-,25-,33-,34-/m0/s1. The number of rotatable bonds is 9. The first-order chi connectivity index (χ1) is 24.9. The summed E-state index contributed by atoms with van der Waals surface area (Å²) in [6.45, 7) is 4.73. The molecule has 3 aromatic rings. The van der Waals surface area contributed by atoms with Gasteiger partial charge in [0, 0.05) is 59.6 Å². The van der Waals surface area contributed by atoms with E-state index in [0.29, 0.717) is 19.5 Å². The average Bonchev–Trinajstić information content (AvgIpc) is 3.97. The van der Waals surface area contributed by atoms with Crippen molar-refractivity contribution >= 4 is 35.2 Å². The molecule has 0 saturated carbocycles. The van der Waals surface area contributed by atoms with Crippen LogP contribution in [0.25, 0.3) is 28.0 Å². The van der Waals surface area contributed by atoms with E-state index in [1.807, 2.05) is 22.2 Å². The van der Waals surface area contributed by atoms with Gasteiger partial charge < -0.3 is 35.2 Å². The lowest BCUT2D eigenvalue weighted by Gasteiger charge is -2.28. The zero-order chi connectivity index (χ0) is 37.1. The molecule has 3 aliphatic rings. The zero-order valence-electron chi connectivity index (χ0n) is 30.8. The highest BCUT2D eigenvalue weighted by Gasteiger charge is 2.37. The fourth-order valence-corrected chi connectivity index (χ4v) is 7.14. The molecule has 6 amide bonds. The van der Waals surface area contributed by atoms with E-state index in [0.717, 1.165) is 70.7 Å². The van der Waals surface area contributed by atoms with Crippen LogP contribution in [0.5, 0.6) is 0 Å². The number of H-pyrrole nitrogens is 1. The minimum Gasteiger partial charge on any atom is -0.340 e. The third kappa shape index (κ3) is 7.73. The van der Waals surface area contributed by atoms with Gasteiger partial charge in [0.15, 0.2) is 0 Å². The Hall–Kier alpha value is -5.46. The topological polar surface area (TPSA) is 146 Å². The molecule has 4 heterocycles. The Kier molecular flexibility index (Phi) is 10.8. The highest BCUT2D eigenvalue weighted by Crippen LogP contribution is 2.34. The van der Waals surface area contributed by atoms with E-state index in [1.165, 1.54) is 9.80 Å². The molecule has 3 aliphatic heterocycles. The van der Waals surface area contributed by atoms with Crippen LogP contribution in [0.1, 0.15) is 63.4 Å². The summed E-state index contributed by atoms with van der Waals surface area (Å²) in [6, 6.07) is 14.7. The number of hydrogen-bond acceptors (Lipinski definition) is 6. The molecule has 0 bridgehead atoms. The summed E-state index contributed by atoms with van der Waals surface area (Å²) in [5, 5.41) is 5.53. The Labute approximate surface area is 305 Å². The summed E-state index contributed by atoms with van der Waals surface area (Å²) < 4.78 is 0. The second kappa shape index (κ2) is 15.4. The lowest BCUT2D eigenvalue weighted by atomic mass is 9.96. The van der Waals surface area contributed by atoms with Crippen molar-refractivity contribution < 1.29 is 19.2 Å². The predicted octanol–water partition coefficient (Wildman–Crippen LogP) is 4.90. The number of carbonyl (C=O) groups is 4. The van der Waals surface area contributed by atoms with Crippen LogP contribution >= 0.6 is 0 Å². The maximum Gasteiger partial charge on any atom is 0.317 e. The molecule has 274 valence electrons. The van der Waals surface area contributed by atoms with E-state index < -0.39 is 12.1 Å². The molecule has 4 atom stereocenters.